The van der Waals surface area contributed by atoms with E-state index < -0.39 is 4.83 Å². The lowest BCUT2D eigenvalue weighted by Gasteiger charge is -2.07. The summed E-state index contributed by atoms with van der Waals surface area (Å²) in [5.74, 6) is -0.190. The summed E-state index contributed by atoms with van der Waals surface area (Å²) in [4.78, 5) is 22.9. The zero-order chi connectivity index (χ0) is 12.7. The van der Waals surface area contributed by atoms with E-state index in [2.05, 4.69) is 15.9 Å². The second-order valence-corrected chi connectivity index (χ2v) is 5.00. The van der Waals surface area contributed by atoms with E-state index in [1.165, 1.54) is 0 Å². The molecule has 0 aromatic heterocycles. The molecule has 0 amide bonds. The number of hydrogen-bond donors (Lipinski definition) is 0. The van der Waals surface area contributed by atoms with Gasteiger partial charge in [-0.2, -0.15) is 0 Å². The van der Waals surface area contributed by atoms with E-state index in [4.69, 9.17) is 11.6 Å². The molecule has 0 aliphatic carbocycles. The lowest BCUT2D eigenvalue weighted by atomic mass is 10.0. The predicted octanol–water partition coefficient (Wildman–Crippen LogP) is 3.67. The third kappa shape index (κ3) is 4.60. The largest absolute Gasteiger partial charge is 0.291 e. The second kappa shape index (κ2) is 7.62. The summed E-state index contributed by atoms with van der Waals surface area (Å²) in [5, 5.41) is 0. The molecule has 0 bridgehead atoms. The van der Waals surface area contributed by atoms with Crippen LogP contribution in [0.4, 0.5) is 0 Å². The number of unbranched alkanes of at least 4 members (excludes halogenated alkanes) is 1. The van der Waals surface area contributed by atoms with Gasteiger partial charge in [0.2, 0.25) is 5.78 Å². The van der Waals surface area contributed by atoms with Gasteiger partial charge in [0.1, 0.15) is 4.83 Å². The number of alkyl halides is 2. The zero-order valence-corrected chi connectivity index (χ0v) is 11.7. The minimum atomic E-state index is -0.535. The number of Topliss-reactive ketones (excluding diaryl/α,β-unsaturated/α-hetero) is 2. The van der Waals surface area contributed by atoms with E-state index in [0.717, 1.165) is 12.0 Å². The maximum Gasteiger partial charge on any atom is 0.216 e. The fourth-order valence-electron chi connectivity index (χ4n) is 1.42. The Hall–Kier alpha value is -0.670. The molecule has 0 fully saturated rings. The summed E-state index contributed by atoms with van der Waals surface area (Å²) in [7, 11) is 0. The van der Waals surface area contributed by atoms with Gasteiger partial charge in [-0.3, -0.25) is 9.59 Å². The standard InChI is InChI=1S/C13H14BrClO2/c14-12(10-6-2-1-3-7-10)13(17)11(16)8-4-5-9-15/h1-3,6-7,12H,4-5,8-9H2. The monoisotopic (exact) mass is 316 g/mol. The van der Waals surface area contributed by atoms with Gasteiger partial charge in [0.05, 0.1) is 0 Å². The van der Waals surface area contributed by atoms with E-state index in [1.54, 1.807) is 0 Å². The molecule has 0 saturated heterocycles. The van der Waals surface area contributed by atoms with E-state index in [1.807, 2.05) is 30.3 Å². The van der Waals surface area contributed by atoms with Crippen molar-refractivity contribution in [3.05, 3.63) is 35.9 Å². The van der Waals surface area contributed by atoms with Gasteiger partial charge in [-0.05, 0) is 18.4 Å². The molecule has 17 heavy (non-hydrogen) atoms. The average Bonchev–Trinajstić information content (AvgIpc) is 2.38. The fourth-order valence-corrected chi connectivity index (χ4v) is 2.17. The Morgan fingerprint density at radius 2 is 1.82 bits per heavy atom. The average molecular weight is 318 g/mol. The van der Waals surface area contributed by atoms with Crippen LogP contribution in [-0.4, -0.2) is 17.4 Å². The molecule has 0 aliphatic rings. The number of rotatable bonds is 7. The number of carbonyl (C=O) groups excluding carboxylic acids is 2. The highest BCUT2D eigenvalue weighted by Crippen LogP contribution is 2.24. The van der Waals surface area contributed by atoms with Crippen LogP contribution in [-0.2, 0) is 9.59 Å². The van der Waals surface area contributed by atoms with Crippen molar-refractivity contribution in [1.82, 2.24) is 0 Å². The first-order valence-electron chi connectivity index (χ1n) is 5.49. The molecule has 0 N–H and O–H groups in total. The number of hydrogen-bond acceptors (Lipinski definition) is 2. The van der Waals surface area contributed by atoms with Crippen molar-refractivity contribution in [2.45, 2.75) is 24.1 Å². The molecule has 2 nitrogen and oxygen atoms in total. The Bertz CT molecular complexity index is 378. The highest BCUT2D eigenvalue weighted by molar-refractivity contribution is 9.09. The van der Waals surface area contributed by atoms with Crippen LogP contribution in [0.1, 0.15) is 29.7 Å². The summed E-state index contributed by atoms with van der Waals surface area (Å²) in [5.41, 5.74) is 0.809. The van der Waals surface area contributed by atoms with Crippen LogP contribution in [0.3, 0.4) is 0 Å². The van der Waals surface area contributed by atoms with Gasteiger partial charge >= 0.3 is 0 Å². The highest BCUT2D eigenvalue weighted by atomic mass is 79.9. The van der Waals surface area contributed by atoms with Gasteiger partial charge in [0.25, 0.3) is 0 Å². The Morgan fingerprint density at radius 1 is 1.18 bits per heavy atom. The number of halogens is 2. The van der Waals surface area contributed by atoms with Gasteiger partial charge in [-0.1, -0.05) is 46.3 Å². The normalized spacial score (nSPS) is 12.1. The Kier molecular flexibility index (Phi) is 6.45. The summed E-state index contributed by atoms with van der Waals surface area (Å²) in [6.07, 6.45) is 1.71. The Balaban J connectivity index is 2.55. The third-order valence-electron chi connectivity index (χ3n) is 2.38. The molecule has 92 valence electrons. The van der Waals surface area contributed by atoms with Gasteiger partial charge < -0.3 is 0 Å². The summed E-state index contributed by atoms with van der Waals surface area (Å²) < 4.78 is 0. The maximum absolute atomic E-state index is 11.8. The van der Waals surface area contributed by atoms with Gasteiger partial charge in [-0.15, -0.1) is 11.6 Å². The van der Waals surface area contributed by atoms with Crippen molar-refractivity contribution in [2.24, 2.45) is 0 Å². The molecule has 0 radical (unpaired) electrons. The molecular weight excluding hydrogens is 303 g/mol. The minimum Gasteiger partial charge on any atom is -0.291 e. The van der Waals surface area contributed by atoms with Crippen LogP contribution in [0.15, 0.2) is 30.3 Å². The van der Waals surface area contributed by atoms with E-state index in [9.17, 15) is 9.59 Å². The molecule has 0 saturated carbocycles. The molecule has 1 rings (SSSR count). The van der Waals surface area contributed by atoms with Crippen LogP contribution < -0.4 is 0 Å². The van der Waals surface area contributed by atoms with Crippen LogP contribution >= 0.6 is 27.5 Å². The Morgan fingerprint density at radius 3 is 2.41 bits per heavy atom. The quantitative estimate of drug-likeness (QED) is 0.437. The summed E-state index contributed by atoms with van der Waals surface area (Å²) >= 11 is 8.78. The van der Waals surface area contributed by atoms with Crippen LogP contribution in [0.2, 0.25) is 0 Å². The van der Waals surface area contributed by atoms with Crippen LogP contribution in [0.5, 0.6) is 0 Å². The van der Waals surface area contributed by atoms with E-state index in [0.29, 0.717) is 12.3 Å². The van der Waals surface area contributed by atoms with Crippen molar-refractivity contribution in [3.8, 4) is 0 Å². The number of carbonyl (C=O) groups is 2. The molecule has 1 aromatic rings. The van der Waals surface area contributed by atoms with Crippen molar-refractivity contribution >= 4 is 39.1 Å². The van der Waals surface area contributed by atoms with Crippen molar-refractivity contribution < 1.29 is 9.59 Å². The highest BCUT2D eigenvalue weighted by Gasteiger charge is 2.23. The Labute approximate surface area is 114 Å². The third-order valence-corrected chi connectivity index (χ3v) is 3.60. The molecule has 0 spiro atoms. The smallest absolute Gasteiger partial charge is 0.216 e. The van der Waals surface area contributed by atoms with Crippen molar-refractivity contribution in [1.29, 1.82) is 0 Å². The first-order chi connectivity index (χ1) is 8.16. The summed E-state index contributed by atoms with van der Waals surface area (Å²) in [6, 6.07) is 9.20. The lowest BCUT2D eigenvalue weighted by Crippen LogP contribution is -2.18. The molecule has 4 heteroatoms. The maximum atomic E-state index is 11.8. The van der Waals surface area contributed by atoms with Crippen molar-refractivity contribution in [3.63, 3.8) is 0 Å². The number of benzene rings is 1. The molecule has 0 aliphatic heterocycles. The van der Waals surface area contributed by atoms with Gasteiger partial charge in [-0.25, -0.2) is 0 Å². The first-order valence-corrected chi connectivity index (χ1v) is 6.94. The molecular formula is C13H14BrClO2. The molecule has 1 aromatic carbocycles. The van der Waals surface area contributed by atoms with E-state index in [-0.39, 0.29) is 18.0 Å². The molecule has 1 atom stereocenters. The minimum absolute atomic E-state index is 0.278. The summed E-state index contributed by atoms with van der Waals surface area (Å²) in [6.45, 7) is 0. The predicted molar refractivity (Wildman–Crippen MR) is 72.7 cm³/mol. The zero-order valence-electron chi connectivity index (χ0n) is 9.36. The van der Waals surface area contributed by atoms with E-state index >= 15 is 0 Å². The SMILES string of the molecule is O=C(CCCCCl)C(=O)C(Br)c1ccccc1. The van der Waals surface area contributed by atoms with Crippen LogP contribution in [0.25, 0.3) is 0 Å². The van der Waals surface area contributed by atoms with Gasteiger partial charge in [0, 0.05) is 12.3 Å². The fraction of sp³-hybridized carbons (Fsp3) is 0.385. The van der Waals surface area contributed by atoms with Crippen LogP contribution in [0, 0.1) is 0 Å². The molecule has 0 heterocycles. The van der Waals surface area contributed by atoms with Crippen molar-refractivity contribution in [2.75, 3.05) is 5.88 Å². The number of ketones is 2. The second-order valence-electron chi connectivity index (χ2n) is 3.71. The lowest BCUT2D eigenvalue weighted by molar-refractivity contribution is -0.136. The first kappa shape index (κ1) is 14.4. The topological polar surface area (TPSA) is 34.1 Å². The van der Waals surface area contributed by atoms with Gasteiger partial charge in [0.15, 0.2) is 5.78 Å². The molecule has 1 unspecified atom stereocenters.